The number of aliphatic hydroxyl groups is 1. The lowest BCUT2D eigenvalue weighted by molar-refractivity contribution is 0.170. The number of halogens is 3. The molecule has 1 unspecified atom stereocenters. The second-order valence-corrected chi connectivity index (χ2v) is 6.77. The highest BCUT2D eigenvalue weighted by molar-refractivity contribution is 9.11. The first-order valence-corrected chi connectivity index (χ1v) is 7.95. The van der Waals surface area contributed by atoms with Crippen LogP contribution in [0.3, 0.4) is 0 Å². The Morgan fingerprint density at radius 1 is 1.37 bits per heavy atom. The van der Waals surface area contributed by atoms with Crippen molar-refractivity contribution in [3.05, 3.63) is 42.8 Å². The van der Waals surface area contributed by atoms with Crippen LogP contribution in [0.15, 0.2) is 25.7 Å². The summed E-state index contributed by atoms with van der Waals surface area (Å²) in [6.07, 6.45) is 1.44. The number of aryl methyl sites for hydroxylation is 2. The fourth-order valence-corrected chi connectivity index (χ4v) is 3.60. The zero-order valence-corrected chi connectivity index (χ0v) is 15.1. The van der Waals surface area contributed by atoms with Crippen LogP contribution in [-0.2, 0) is 13.5 Å². The van der Waals surface area contributed by atoms with E-state index in [4.69, 9.17) is 0 Å². The monoisotopic (exact) mass is 451 g/mol. The molecule has 0 aromatic carbocycles. The van der Waals surface area contributed by atoms with Gasteiger partial charge in [0.2, 0.25) is 0 Å². The molecule has 2 heterocycles. The van der Waals surface area contributed by atoms with Gasteiger partial charge in [-0.1, -0.05) is 0 Å². The quantitative estimate of drug-likeness (QED) is 0.771. The summed E-state index contributed by atoms with van der Waals surface area (Å²) < 4.78 is 4.36. The van der Waals surface area contributed by atoms with Crippen molar-refractivity contribution in [2.75, 3.05) is 0 Å². The van der Waals surface area contributed by atoms with Crippen molar-refractivity contribution in [2.24, 2.45) is 7.05 Å². The second kappa shape index (κ2) is 6.03. The van der Waals surface area contributed by atoms with Gasteiger partial charge < -0.3 is 5.11 Å². The molecule has 0 saturated heterocycles. The van der Waals surface area contributed by atoms with Gasteiger partial charge in [-0.15, -0.1) is 0 Å². The van der Waals surface area contributed by atoms with Gasteiger partial charge >= 0.3 is 0 Å². The predicted molar refractivity (Wildman–Crippen MR) is 83.9 cm³/mol. The molecule has 7 heteroatoms. The molecule has 0 saturated carbocycles. The zero-order chi connectivity index (χ0) is 14.2. The van der Waals surface area contributed by atoms with Gasteiger partial charge in [0.25, 0.3) is 0 Å². The van der Waals surface area contributed by atoms with Crippen LogP contribution in [0, 0.1) is 6.92 Å². The summed E-state index contributed by atoms with van der Waals surface area (Å²) in [5, 5.41) is 14.6. The van der Waals surface area contributed by atoms with E-state index < -0.39 is 6.10 Å². The molecule has 2 rings (SSSR count). The van der Waals surface area contributed by atoms with E-state index in [9.17, 15) is 5.11 Å². The maximum atomic E-state index is 10.3. The van der Waals surface area contributed by atoms with Crippen molar-refractivity contribution in [1.82, 2.24) is 14.8 Å². The number of aromatic nitrogens is 3. The summed E-state index contributed by atoms with van der Waals surface area (Å²) in [6.45, 7) is 1.92. The number of rotatable bonds is 3. The fourth-order valence-electron chi connectivity index (χ4n) is 1.85. The Kier molecular flexibility index (Phi) is 4.81. The van der Waals surface area contributed by atoms with Crippen LogP contribution in [0.25, 0.3) is 0 Å². The van der Waals surface area contributed by atoms with Crippen LogP contribution in [0.4, 0.5) is 0 Å². The van der Waals surface area contributed by atoms with E-state index in [0.717, 1.165) is 24.8 Å². The van der Waals surface area contributed by atoms with Crippen molar-refractivity contribution in [3.63, 3.8) is 0 Å². The van der Waals surface area contributed by atoms with E-state index in [1.807, 2.05) is 20.0 Å². The first-order chi connectivity index (χ1) is 8.90. The van der Waals surface area contributed by atoms with Crippen LogP contribution in [0.1, 0.15) is 23.2 Å². The molecule has 0 aliphatic carbocycles. The normalized spacial score (nSPS) is 12.7. The highest BCUT2D eigenvalue weighted by atomic mass is 79.9. The van der Waals surface area contributed by atoms with Crippen molar-refractivity contribution in [2.45, 2.75) is 19.4 Å². The van der Waals surface area contributed by atoms with E-state index in [0.29, 0.717) is 12.1 Å². The summed E-state index contributed by atoms with van der Waals surface area (Å²) in [5.41, 5.74) is 2.48. The van der Waals surface area contributed by atoms with Crippen LogP contribution in [0.5, 0.6) is 0 Å². The Hall–Kier alpha value is -0.240. The molecule has 0 bridgehead atoms. The molecule has 0 radical (unpaired) electrons. The summed E-state index contributed by atoms with van der Waals surface area (Å²) >= 11 is 10.3. The summed E-state index contributed by atoms with van der Waals surface area (Å²) in [4.78, 5) is 4.25. The average molecular weight is 454 g/mol. The van der Waals surface area contributed by atoms with Gasteiger partial charge in [0, 0.05) is 28.6 Å². The Labute approximate surface area is 136 Å². The lowest BCUT2D eigenvalue weighted by Crippen LogP contribution is -2.09. The molecule has 19 heavy (non-hydrogen) atoms. The standard InChI is InChI=1S/C12H12Br3N3O/c1-6-11(15)9(18(2)17-6)4-10(19)12-8(14)3-7(13)5-16-12/h3,5,10,19H,4H2,1-2H3. The number of pyridine rings is 1. The van der Waals surface area contributed by atoms with Gasteiger partial charge in [0.1, 0.15) is 6.10 Å². The molecule has 4 nitrogen and oxygen atoms in total. The third-order valence-electron chi connectivity index (χ3n) is 2.80. The second-order valence-electron chi connectivity index (χ2n) is 4.21. The lowest BCUT2D eigenvalue weighted by atomic mass is 10.1. The maximum Gasteiger partial charge on any atom is 0.103 e. The smallest absolute Gasteiger partial charge is 0.103 e. The molecule has 0 amide bonds. The average Bonchev–Trinajstić information content (AvgIpc) is 2.56. The minimum Gasteiger partial charge on any atom is -0.386 e. The number of hydrogen-bond donors (Lipinski definition) is 1. The van der Waals surface area contributed by atoms with Crippen molar-refractivity contribution in [1.29, 1.82) is 0 Å². The minimum atomic E-state index is -0.687. The van der Waals surface area contributed by atoms with Crippen LogP contribution in [-0.4, -0.2) is 19.9 Å². The zero-order valence-electron chi connectivity index (χ0n) is 10.4. The summed E-state index contributed by atoms with van der Waals surface area (Å²) in [6, 6.07) is 1.87. The summed E-state index contributed by atoms with van der Waals surface area (Å²) in [7, 11) is 1.86. The first-order valence-electron chi connectivity index (χ1n) is 5.57. The molecule has 1 atom stereocenters. The number of hydrogen-bond acceptors (Lipinski definition) is 3. The van der Waals surface area contributed by atoms with Gasteiger partial charge in [-0.25, -0.2) is 0 Å². The minimum absolute atomic E-state index is 0.450. The van der Waals surface area contributed by atoms with E-state index in [-0.39, 0.29) is 0 Å². The molecular weight excluding hydrogens is 442 g/mol. The van der Waals surface area contributed by atoms with E-state index in [1.165, 1.54) is 0 Å². The highest BCUT2D eigenvalue weighted by Gasteiger charge is 2.19. The fraction of sp³-hybridized carbons (Fsp3) is 0.333. The van der Waals surface area contributed by atoms with Gasteiger partial charge in [-0.2, -0.15) is 5.10 Å². The lowest BCUT2D eigenvalue weighted by Gasteiger charge is -2.12. The molecule has 2 aromatic heterocycles. The van der Waals surface area contributed by atoms with E-state index in [2.05, 4.69) is 57.9 Å². The van der Waals surface area contributed by atoms with Gasteiger partial charge in [0.05, 0.1) is 21.6 Å². The molecule has 1 N–H and O–H groups in total. The van der Waals surface area contributed by atoms with Gasteiger partial charge in [-0.05, 0) is 60.8 Å². The third kappa shape index (κ3) is 3.26. The molecule has 0 aliphatic rings. The maximum absolute atomic E-state index is 10.3. The van der Waals surface area contributed by atoms with Crippen molar-refractivity contribution >= 4 is 47.8 Å². The Morgan fingerprint density at radius 3 is 2.58 bits per heavy atom. The van der Waals surface area contributed by atoms with Crippen LogP contribution < -0.4 is 0 Å². The number of nitrogens with zero attached hydrogens (tertiary/aromatic N) is 3. The van der Waals surface area contributed by atoms with Crippen LogP contribution >= 0.6 is 47.8 Å². The molecule has 2 aromatic rings. The van der Waals surface area contributed by atoms with Gasteiger partial charge in [0.15, 0.2) is 0 Å². The van der Waals surface area contributed by atoms with Gasteiger partial charge in [-0.3, -0.25) is 9.67 Å². The molecule has 0 fully saturated rings. The molecule has 102 valence electrons. The van der Waals surface area contributed by atoms with Crippen molar-refractivity contribution in [3.8, 4) is 0 Å². The number of aliphatic hydroxyl groups excluding tert-OH is 1. The Bertz CT molecular complexity index is 613. The Balaban J connectivity index is 2.28. The third-order valence-corrected chi connectivity index (χ3v) is 4.90. The topological polar surface area (TPSA) is 50.9 Å². The van der Waals surface area contributed by atoms with Crippen molar-refractivity contribution < 1.29 is 5.11 Å². The highest BCUT2D eigenvalue weighted by Crippen LogP contribution is 2.29. The van der Waals surface area contributed by atoms with Crippen LogP contribution in [0.2, 0.25) is 0 Å². The SMILES string of the molecule is Cc1nn(C)c(CC(O)c2ncc(Br)cc2Br)c1Br. The molecule has 0 spiro atoms. The first kappa shape index (κ1) is 15.2. The predicted octanol–water partition coefficient (Wildman–Crippen LogP) is 3.69. The Morgan fingerprint density at radius 2 is 2.05 bits per heavy atom. The van der Waals surface area contributed by atoms with E-state index >= 15 is 0 Å². The molecular formula is C12H12Br3N3O. The van der Waals surface area contributed by atoms with E-state index in [1.54, 1.807) is 10.9 Å². The molecule has 0 aliphatic heterocycles. The largest absolute Gasteiger partial charge is 0.386 e. The summed E-state index contributed by atoms with van der Waals surface area (Å²) in [5.74, 6) is 0.